The van der Waals surface area contributed by atoms with Crippen LogP contribution < -0.4 is 0 Å². The van der Waals surface area contributed by atoms with Gasteiger partial charge in [-0.25, -0.2) is 9.67 Å². The first-order valence-corrected chi connectivity index (χ1v) is 8.32. The maximum atomic E-state index is 11.0. The molecule has 0 saturated heterocycles. The minimum absolute atomic E-state index is 0.291. The van der Waals surface area contributed by atoms with E-state index < -0.39 is 5.60 Å². The van der Waals surface area contributed by atoms with Crippen LogP contribution in [0.4, 0.5) is 0 Å². The minimum Gasteiger partial charge on any atom is -0.389 e. The molecule has 1 heterocycles. The molecular formula is C17H31N3O. The lowest BCUT2D eigenvalue weighted by Crippen LogP contribution is -2.33. The highest BCUT2D eigenvalue weighted by Crippen LogP contribution is 2.40. The van der Waals surface area contributed by atoms with E-state index in [1.165, 1.54) is 6.42 Å². The third kappa shape index (κ3) is 4.06. The molecule has 2 atom stereocenters. The Kier molecular flexibility index (Phi) is 4.76. The van der Waals surface area contributed by atoms with Crippen LogP contribution in [0.5, 0.6) is 0 Å². The van der Waals surface area contributed by atoms with Gasteiger partial charge < -0.3 is 5.11 Å². The third-order valence-corrected chi connectivity index (χ3v) is 5.00. The number of aliphatic hydroxyl groups is 1. The first-order chi connectivity index (χ1) is 9.71. The lowest BCUT2D eigenvalue weighted by Gasteiger charge is -2.31. The normalized spacial score (nSPS) is 27.9. The van der Waals surface area contributed by atoms with Gasteiger partial charge in [0.25, 0.3) is 0 Å². The Morgan fingerprint density at radius 2 is 2.05 bits per heavy atom. The second-order valence-electron chi connectivity index (χ2n) is 8.11. The molecule has 120 valence electrons. The summed E-state index contributed by atoms with van der Waals surface area (Å²) in [7, 11) is 0. The van der Waals surface area contributed by atoms with E-state index in [4.69, 9.17) is 0 Å². The fourth-order valence-corrected chi connectivity index (χ4v) is 3.56. The smallest absolute Gasteiger partial charge is 0.138 e. The van der Waals surface area contributed by atoms with E-state index in [0.717, 1.165) is 31.5 Å². The second-order valence-corrected chi connectivity index (χ2v) is 8.11. The van der Waals surface area contributed by atoms with Crippen molar-refractivity contribution in [1.82, 2.24) is 14.8 Å². The van der Waals surface area contributed by atoms with Gasteiger partial charge in [0.15, 0.2) is 0 Å². The average molecular weight is 293 g/mol. The number of hydrogen-bond donors (Lipinski definition) is 1. The van der Waals surface area contributed by atoms with Gasteiger partial charge in [-0.2, -0.15) is 5.10 Å². The molecule has 1 aliphatic carbocycles. The van der Waals surface area contributed by atoms with Crippen molar-refractivity contribution in [2.24, 2.45) is 11.3 Å². The van der Waals surface area contributed by atoms with Gasteiger partial charge in [0.05, 0.1) is 5.60 Å². The SMILES string of the molecule is CC(C)n1ncnc1CC1(O)CCCC(C(C)(C)C)CC1. The van der Waals surface area contributed by atoms with Gasteiger partial charge in [-0.05, 0) is 50.9 Å². The first-order valence-electron chi connectivity index (χ1n) is 8.32. The maximum absolute atomic E-state index is 11.0. The molecular weight excluding hydrogens is 262 g/mol. The Morgan fingerprint density at radius 1 is 1.33 bits per heavy atom. The number of nitrogens with zero attached hydrogens (tertiary/aromatic N) is 3. The van der Waals surface area contributed by atoms with Gasteiger partial charge in [-0.1, -0.05) is 27.2 Å². The van der Waals surface area contributed by atoms with E-state index in [-0.39, 0.29) is 0 Å². The van der Waals surface area contributed by atoms with Crippen LogP contribution in [-0.2, 0) is 6.42 Å². The lowest BCUT2D eigenvalue weighted by atomic mass is 9.76. The standard InChI is InChI=1S/C17H31N3O/c1-13(2)20-15(18-12-19-20)11-17(21)9-6-7-14(8-10-17)16(3,4)5/h12-14,21H,6-11H2,1-5H3. The lowest BCUT2D eigenvalue weighted by molar-refractivity contribution is 0.0195. The van der Waals surface area contributed by atoms with E-state index >= 15 is 0 Å². The zero-order chi connectivity index (χ0) is 15.7. The molecule has 1 aromatic rings. The van der Waals surface area contributed by atoms with Crippen molar-refractivity contribution in [2.75, 3.05) is 0 Å². The van der Waals surface area contributed by atoms with Crippen molar-refractivity contribution in [1.29, 1.82) is 0 Å². The monoisotopic (exact) mass is 293 g/mol. The summed E-state index contributed by atoms with van der Waals surface area (Å²) in [5.41, 5.74) is -0.275. The molecule has 0 spiro atoms. The summed E-state index contributed by atoms with van der Waals surface area (Å²) in [5, 5.41) is 15.3. The molecule has 4 heteroatoms. The van der Waals surface area contributed by atoms with Crippen LogP contribution in [0.25, 0.3) is 0 Å². The van der Waals surface area contributed by atoms with Crippen LogP contribution in [0.15, 0.2) is 6.33 Å². The minimum atomic E-state index is -0.611. The summed E-state index contributed by atoms with van der Waals surface area (Å²) >= 11 is 0. The number of rotatable bonds is 3. The fourth-order valence-electron chi connectivity index (χ4n) is 3.56. The predicted octanol–water partition coefficient (Wildman–Crippen LogP) is 3.76. The van der Waals surface area contributed by atoms with Crippen LogP contribution in [-0.4, -0.2) is 25.5 Å². The van der Waals surface area contributed by atoms with Crippen molar-refractivity contribution in [3.63, 3.8) is 0 Å². The van der Waals surface area contributed by atoms with Gasteiger partial charge in [0, 0.05) is 12.5 Å². The Bertz CT molecular complexity index is 461. The van der Waals surface area contributed by atoms with Crippen LogP contribution in [0, 0.1) is 11.3 Å². The van der Waals surface area contributed by atoms with Gasteiger partial charge >= 0.3 is 0 Å². The van der Waals surface area contributed by atoms with Crippen LogP contribution in [0.2, 0.25) is 0 Å². The molecule has 1 fully saturated rings. The summed E-state index contributed by atoms with van der Waals surface area (Å²) < 4.78 is 1.93. The topological polar surface area (TPSA) is 50.9 Å². The van der Waals surface area contributed by atoms with Crippen molar-refractivity contribution >= 4 is 0 Å². The molecule has 2 rings (SSSR count). The zero-order valence-corrected chi connectivity index (χ0v) is 14.3. The zero-order valence-electron chi connectivity index (χ0n) is 14.3. The van der Waals surface area contributed by atoms with Crippen LogP contribution >= 0.6 is 0 Å². The Labute approximate surface area is 129 Å². The summed E-state index contributed by atoms with van der Waals surface area (Å²) in [6.45, 7) is 11.2. The molecule has 21 heavy (non-hydrogen) atoms. The summed E-state index contributed by atoms with van der Waals surface area (Å²) in [6.07, 6.45) is 7.42. The van der Waals surface area contributed by atoms with Crippen molar-refractivity contribution < 1.29 is 5.11 Å². The number of hydrogen-bond acceptors (Lipinski definition) is 3. The summed E-state index contributed by atoms with van der Waals surface area (Å²) in [6, 6.07) is 0.291. The highest BCUT2D eigenvalue weighted by molar-refractivity contribution is 4.97. The molecule has 0 bridgehead atoms. The van der Waals surface area contributed by atoms with E-state index in [9.17, 15) is 5.11 Å². The van der Waals surface area contributed by atoms with Crippen LogP contribution in [0.3, 0.4) is 0 Å². The van der Waals surface area contributed by atoms with Gasteiger partial charge in [-0.15, -0.1) is 0 Å². The molecule has 1 N–H and O–H groups in total. The summed E-state index contributed by atoms with van der Waals surface area (Å²) in [5.74, 6) is 1.62. The van der Waals surface area contributed by atoms with Gasteiger partial charge in [0.1, 0.15) is 12.2 Å². The van der Waals surface area contributed by atoms with Crippen LogP contribution in [0.1, 0.15) is 78.6 Å². The second kappa shape index (κ2) is 6.07. The highest BCUT2D eigenvalue weighted by Gasteiger charge is 2.35. The van der Waals surface area contributed by atoms with E-state index in [0.29, 0.717) is 23.8 Å². The highest BCUT2D eigenvalue weighted by atomic mass is 16.3. The third-order valence-electron chi connectivity index (χ3n) is 5.00. The molecule has 0 radical (unpaired) electrons. The summed E-state index contributed by atoms with van der Waals surface area (Å²) in [4.78, 5) is 4.37. The molecule has 2 unspecified atom stereocenters. The van der Waals surface area contributed by atoms with Crippen molar-refractivity contribution in [2.45, 2.75) is 84.8 Å². The molecule has 1 saturated carbocycles. The van der Waals surface area contributed by atoms with E-state index in [1.807, 2.05) is 4.68 Å². The fraction of sp³-hybridized carbons (Fsp3) is 0.882. The molecule has 4 nitrogen and oxygen atoms in total. The molecule has 1 aromatic heterocycles. The Balaban J connectivity index is 2.07. The predicted molar refractivity (Wildman–Crippen MR) is 85.1 cm³/mol. The first kappa shape index (κ1) is 16.5. The van der Waals surface area contributed by atoms with Crippen molar-refractivity contribution in [3.8, 4) is 0 Å². The molecule has 0 aliphatic heterocycles. The molecule has 1 aliphatic rings. The largest absolute Gasteiger partial charge is 0.389 e. The van der Waals surface area contributed by atoms with Gasteiger partial charge in [0.2, 0.25) is 0 Å². The average Bonchev–Trinajstić information content (AvgIpc) is 2.70. The van der Waals surface area contributed by atoms with E-state index in [1.54, 1.807) is 6.33 Å². The van der Waals surface area contributed by atoms with E-state index in [2.05, 4.69) is 44.7 Å². The number of aromatic nitrogens is 3. The molecule has 0 aromatic carbocycles. The van der Waals surface area contributed by atoms with Gasteiger partial charge in [-0.3, -0.25) is 0 Å². The van der Waals surface area contributed by atoms with Crippen molar-refractivity contribution in [3.05, 3.63) is 12.2 Å². The Hall–Kier alpha value is -0.900. The quantitative estimate of drug-likeness (QED) is 0.863. The Morgan fingerprint density at radius 3 is 2.67 bits per heavy atom. The maximum Gasteiger partial charge on any atom is 0.138 e. The molecule has 0 amide bonds.